The monoisotopic (exact) mass is 223 g/mol. The van der Waals surface area contributed by atoms with Gasteiger partial charge in [0, 0.05) is 13.5 Å². The fraction of sp³-hybridized carbons (Fsp3) is 0.455. The molecule has 0 unspecified atom stereocenters. The Bertz CT molecular complexity index is 344. The molecule has 0 saturated carbocycles. The number of carbonyl (C=O) groups is 2. The predicted octanol–water partition coefficient (Wildman–Crippen LogP) is 0.558. The zero-order valence-electron chi connectivity index (χ0n) is 9.01. The van der Waals surface area contributed by atoms with Crippen LogP contribution in [0.15, 0.2) is 12.7 Å². The summed E-state index contributed by atoms with van der Waals surface area (Å²) in [7, 11) is 0. The van der Waals surface area contributed by atoms with E-state index in [-0.39, 0.29) is 6.61 Å². The van der Waals surface area contributed by atoms with Crippen LogP contribution >= 0.6 is 0 Å². The maximum atomic E-state index is 11.3. The minimum Gasteiger partial charge on any atom is -0.447 e. The van der Waals surface area contributed by atoms with E-state index in [1.165, 1.54) is 11.8 Å². The molecule has 0 bridgehead atoms. The van der Waals surface area contributed by atoms with Crippen LogP contribution in [0, 0.1) is 12.3 Å². The van der Waals surface area contributed by atoms with Gasteiger partial charge in [-0.3, -0.25) is 9.69 Å². The lowest BCUT2D eigenvalue weighted by atomic mass is 10.1. The van der Waals surface area contributed by atoms with E-state index in [1.807, 2.05) is 0 Å². The molecule has 1 heterocycles. The van der Waals surface area contributed by atoms with Crippen LogP contribution in [0.5, 0.6) is 0 Å². The third-order valence-electron chi connectivity index (χ3n) is 2.14. The second-order valence-electron chi connectivity index (χ2n) is 3.28. The van der Waals surface area contributed by atoms with Crippen LogP contribution in [0.25, 0.3) is 0 Å². The first-order valence-electron chi connectivity index (χ1n) is 4.77. The Kier molecular flexibility index (Phi) is 3.95. The Morgan fingerprint density at radius 1 is 1.94 bits per heavy atom. The Morgan fingerprint density at radius 2 is 2.62 bits per heavy atom. The molecule has 0 aromatic rings. The largest absolute Gasteiger partial charge is 0.447 e. The quantitative estimate of drug-likeness (QED) is 0.397. The number of amides is 1. The summed E-state index contributed by atoms with van der Waals surface area (Å²) in [5, 5.41) is 0. The molecule has 0 N–H and O–H groups in total. The zero-order valence-corrected chi connectivity index (χ0v) is 9.01. The summed E-state index contributed by atoms with van der Waals surface area (Å²) in [6.45, 7) is 5.22. The number of rotatable bonds is 4. The van der Waals surface area contributed by atoms with Crippen molar-refractivity contribution < 1.29 is 19.1 Å². The summed E-state index contributed by atoms with van der Waals surface area (Å²) in [6.07, 6.45) is 5.55. The molecule has 0 radical (unpaired) electrons. The SMILES string of the molecule is C#C[C@@H](OC(C)=O)[C@@H]1COC(=O)N1CC=C. The first-order valence-corrected chi connectivity index (χ1v) is 4.77. The Morgan fingerprint density at radius 3 is 3.12 bits per heavy atom. The van der Waals surface area contributed by atoms with Crippen LogP contribution in [-0.2, 0) is 14.3 Å². The van der Waals surface area contributed by atoms with Crippen molar-refractivity contribution in [1.82, 2.24) is 4.90 Å². The molecule has 16 heavy (non-hydrogen) atoms. The molecule has 5 nitrogen and oxygen atoms in total. The molecular formula is C11H13NO4. The number of cyclic esters (lactones) is 1. The van der Waals surface area contributed by atoms with Gasteiger partial charge in [0.05, 0.1) is 0 Å². The van der Waals surface area contributed by atoms with Crippen molar-refractivity contribution in [3.8, 4) is 12.3 Å². The summed E-state index contributed by atoms with van der Waals surface area (Å²) < 4.78 is 9.77. The molecule has 1 aliphatic heterocycles. The van der Waals surface area contributed by atoms with E-state index in [0.29, 0.717) is 6.54 Å². The molecule has 1 amide bonds. The smallest absolute Gasteiger partial charge is 0.410 e. The highest BCUT2D eigenvalue weighted by Crippen LogP contribution is 2.17. The maximum Gasteiger partial charge on any atom is 0.410 e. The summed E-state index contributed by atoms with van der Waals surface area (Å²) >= 11 is 0. The third-order valence-corrected chi connectivity index (χ3v) is 2.14. The molecule has 5 heteroatoms. The summed E-state index contributed by atoms with van der Waals surface area (Å²) in [6, 6.07) is -0.445. The fourth-order valence-corrected chi connectivity index (χ4v) is 1.47. The average Bonchev–Trinajstić information content (AvgIpc) is 2.58. The van der Waals surface area contributed by atoms with E-state index in [0.717, 1.165) is 0 Å². The first kappa shape index (κ1) is 12.1. The van der Waals surface area contributed by atoms with Gasteiger partial charge in [0.1, 0.15) is 12.6 Å². The lowest BCUT2D eigenvalue weighted by Crippen LogP contribution is -2.43. The number of hydrogen-bond acceptors (Lipinski definition) is 4. The number of ether oxygens (including phenoxy) is 2. The molecule has 0 aliphatic carbocycles. The van der Waals surface area contributed by atoms with E-state index < -0.39 is 24.2 Å². The van der Waals surface area contributed by atoms with Crippen molar-refractivity contribution in [2.45, 2.75) is 19.1 Å². The van der Waals surface area contributed by atoms with Crippen molar-refractivity contribution in [2.24, 2.45) is 0 Å². The molecule has 2 atom stereocenters. The van der Waals surface area contributed by atoms with Crippen LogP contribution in [0.1, 0.15) is 6.92 Å². The predicted molar refractivity (Wildman–Crippen MR) is 56.4 cm³/mol. The molecule has 1 rings (SSSR count). The van der Waals surface area contributed by atoms with Gasteiger partial charge in [-0.15, -0.1) is 13.0 Å². The Labute approximate surface area is 94.0 Å². The van der Waals surface area contributed by atoms with Crippen LogP contribution < -0.4 is 0 Å². The van der Waals surface area contributed by atoms with Crippen LogP contribution in [0.4, 0.5) is 4.79 Å². The summed E-state index contributed by atoms with van der Waals surface area (Å²) in [5.74, 6) is 1.85. The van der Waals surface area contributed by atoms with Crippen molar-refractivity contribution in [3.05, 3.63) is 12.7 Å². The van der Waals surface area contributed by atoms with Crippen molar-refractivity contribution in [1.29, 1.82) is 0 Å². The molecule has 0 spiro atoms. The molecule has 86 valence electrons. The van der Waals surface area contributed by atoms with Gasteiger partial charge >= 0.3 is 12.1 Å². The van der Waals surface area contributed by atoms with Gasteiger partial charge in [0.25, 0.3) is 0 Å². The minimum atomic E-state index is -0.788. The molecule has 1 fully saturated rings. The molecule has 1 saturated heterocycles. The van der Waals surface area contributed by atoms with Crippen LogP contribution in [-0.4, -0.2) is 42.3 Å². The lowest BCUT2D eigenvalue weighted by Gasteiger charge is -2.24. The standard InChI is InChI=1S/C11H13NO4/c1-4-6-12-9(7-15-11(12)14)10(5-2)16-8(3)13/h2,4,9-10H,1,6-7H2,3H3/t9-,10+/m0/s1. The minimum absolute atomic E-state index is 0.120. The van der Waals surface area contributed by atoms with Gasteiger partial charge < -0.3 is 9.47 Å². The zero-order chi connectivity index (χ0) is 12.1. The number of nitrogens with zero attached hydrogens (tertiary/aromatic N) is 1. The number of hydrogen-bond donors (Lipinski definition) is 0. The topological polar surface area (TPSA) is 55.8 Å². The fourth-order valence-electron chi connectivity index (χ4n) is 1.47. The highest BCUT2D eigenvalue weighted by molar-refractivity contribution is 5.71. The van der Waals surface area contributed by atoms with E-state index in [9.17, 15) is 9.59 Å². The molecule has 1 aliphatic rings. The van der Waals surface area contributed by atoms with Gasteiger partial charge in [-0.2, -0.15) is 0 Å². The van der Waals surface area contributed by atoms with Gasteiger partial charge in [-0.05, 0) is 0 Å². The van der Waals surface area contributed by atoms with Crippen molar-refractivity contribution in [2.75, 3.05) is 13.2 Å². The van der Waals surface area contributed by atoms with Gasteiger partial charge in [-0.25, -0.2) is 4.79 Å². The third kappa shape index (κ3) is 2.54. The number of carbonyl (C=O) groups excluding carboxylic acids is 2. The van der Waals surface area contributed by atoms with Gasteiger partial charge in [0.15, 0.2) is 6.10 Å². The van der Waals surface area contributed by atoms with E-state index in [1.54, 1.807) is 6.08 Å². The van der Waals surface area contributed by atoms with Crippen LogP contribution in [0.3, 0.4) is 0 Å². The van der Waals surface area contributed by atoms with Gasteiger partial charge in [-0.1, -0.05) is 12.0 Å². The van der Waals surface area contributed by atoms with Crippen molar-refractivity contribution >= 4 is 12.1 Å². The highest BCUT2D eigenvalue weighted by atomic mass is 16.6. The Hall–Kier alpha value is -1.96. The number of terminal acetylenes is 1. The highest BCUT2D eigenvalue weighted by Gasteiger charge is 2.38. The second-order valence-corrected chi connectivity index (χ2v) is 3.28. The average molecular weight is 223 g/mol. The maximum absolute atomic E-state index is 11.3. The van der Waals surface area contributed by atoms with E-state index in [4.69, 9.17) is 15.9 Å². The van der Waals surface area contributed by atoms with E-state index in [2.05, 4.69) is 12.5 Å². The van der Waals surface area contributed by atoms with Gasteiger partial charge in [0.2, 0.25) is 0 Å². The second kappa shape index (κ2) is 5.21. The molecule has 0 aromatic heterocycles. The Balaban J connectivity index is 2.76. The van der Waals surface area contributed by atoms with Crippen molar-refractivity contribution in [3.63, 3.8) is 0 Å². The first-order chi connectivity index (χ1) is 7.60. The summed E-state index contributed by atoms with van der Waals surface area (Å²) in [5.41, 5.74) is 0. The molecular weight excluding hydrogens is 210 g/mol. The summed E-state index contributed by atoms with van der Waals surface area (Å²) in [4.78, 5) is 23.6. The van der Waals surface area contributed by atoms with E-state index >= 15 is 0 Å². The lowest BCUT2D eigenvalue weighted by molar-refractivity contribution is -0.145. The number of esters is 1. The van der Waals surface area contributed by atoms with Crippen LogP contribution in [0.2, 0.25) is 0 Å². The normalized spacial score (nSPS) is 20.9. The molecule has 0 aromatic carbocycles.